The second-order valence-corrected chi connectivity index (χ2v) is 3.52. The molecule has 0 bridgehead atoms. The van der Waals surface area contributed by atoms with Crippen molar-refractivity contribution in [2.75, 3.05) is 12.3 Å². The Kier molecular flexibility index (Phi) is 4.08. The molecule has 1 unspecified atom stereocenters. The van der Waals surface area contributed by atoms with E-state index in [1.807, 2.05) is 0 Å². The highest BCUT2D eigenvalue weighted by Gasteiger charge is 2.21. The topological polar surface area (TPSA) is 99.2 Å². The number of anilines is 1. The average molecular weight is 240 g/mol. The number of carbonyl (C=O) groups is 2. The van der Waals surface area contributed by atoms with Crippen LogP contribution in [0.25, 0.3) is 0 Å². The average Bonchev–Trinajstić information content (AvgIpc) is 2.58. The number of hydrogen-bond acceptors (Lipinski definition) is 5. The number of ether oxygens (including phenoxy) is 1. The highest BCUT2D eigenvalue weighted by molar-refractivity contribution is 5.99. The molecule has 0 aliphatic heterocycles. The number of carbonyl (C=O) groups excluding carboxylic acids is 2. The van der Waals surface area contributed by atoms with Gasteiger partial charge in [0.15, 0.2) is 0 Å². The largest absolute Gasteiger partial charge is 0.464 e. The Morgan fingerprint density at radius 1 is 1.65 bits per heavy atom. The van der Waals surface area contributed by atoms with Crippen molar-refractivity contribution >= 4 is 17.6 Å². The first kappa shape index (κ1) is 13.0. The van der Waals surface area contributed by atoms with Crippen LogP contribution in [0.2, 0.25) is 0 Å². The summed E-state index contributed by atoms with van der Waals surface area (Å²) in [5.74, 6) is -0.940. The second kappa shape index (κ2) is 5.33. The molecule has 0 spiro atoms. The number of hydrogen-bond donors (Lipinski definition) is 2. The maximum Gasteiger partial charge on any atom is 0.328 e. The fourth-order valence-corrected chi connectivity index (χ4v) is 1.32. The monoisotopic (exact) mass is 240 g/mol. The molecule has 1 amide bonds. The number of esters is 1. The molecular weight excluding hydrogens is 224 g/mol. The number of rotatable bonds is 4. The van der Waals surface area contributed by atoms with Crippen molar-refractivity contribution in [2.45, 2.75) is 19.9 Å². The van der Waals surface area contributed by atoms with Crippen LogP contribution in [0.5, 0.6) is 0 Å². The number of nitrogen functional groups attached to an aromatic ring is 1. The molecule has 7 nitrogen and oxygen atoms in total. The van der Waals surface area contributed by atoms with E-state index in [1.54, 1.807) is 20.9 Å². The Hall–Kier alpha value is -2.05. The zero-order valence-corrected chi connectivity index (χ0v) is 10.1. The summed E-state index contributed by atoms with van der Waals surface area (Å²) in [6.45, 7) is 3.51. The zero-order valence-electron chi connectivity index (χ0n) is 10.1. The molecule has 1 heterocycles. The molecule has 0 aliphatic rings. The minimum Gasteiger partial charge on any atom is -0.464 e. The van der Waals surface area contributed by atoms with Gasteiger partial charge in [-0.3, -0.25) is 9.48 Å². The third-order valence-electron chi connectivity index (χ3n) is 2.17. The first-order valence-electron chi connectivity index (χ1n) is 5.22. The van der Waals surface area contributed by atoms with Crippen molar-refractivity contribution in [1.29, 1.82) is 0 Å². The van der Waals surface area contributed by atoms with Gasteiger partial charge in [-0.25, -0.2) is 4.79 Å². The highest BCUT2D eigenvalue weighted by Crippen LogP contribution is 2.09. The van der Waals surface area contributed by atoms with Crippen LogP contribution < -0.4 is 11.1 Å². The standard InChI is InChI=1S/C10H16N4O3/c1-4-17-10(16)6(2)13-9(15)8-7(11)5-12-14(8)3/h5-6H,4,11H2,1-3H3,(H,13,15). The Morgan fingerprint density at radius 3 is 2.76 bits per heavy atom. The quantitative estimate of drug-likeness (QED) is 0.703. The van der Waals surface area contributed by atoms with Crippen LogP contribution in [0.4, 0.5) is 5.69 Å². The van der Waals surface area contributed by atoms with Crippen LogP contribution >= 0.6 is 0 Å². The van der Waals surface area contributed by atoms with Crippen molar-refractivity contribution in [2.24, 2.45) is 7.05 Å². The fraction of sp³-hybridized carbons (Fsp3) is 0.500. The summed E-state index contributed by atoms with van der Waals surface area (Å²) in [4.78, 5) is 23.1. The van der Waals surface area contributed by atoms with Gasteiger partial charge < -0.3 is 15.8 Å². The summed E-state index contributed by atoms with van der Waals surface area (Å²) in [5, 5.41) is 6.33. The molecule has 0 radical (unpaired) electrons. The van der Waals surface area contributed by atoms with E-state index in [1.165, 1.54) is 10.9 Å². The summed E-state index contributed by atoms with van der Waals surface area (Å²) in [5.41, 5.74) is 6.08. The maximum atomic E-state index is 11.8. The molecule has 1 aromatic heterocycles. The Balaban J connectivity index is 2.70. The lowest BCUT2D eigenvalue weighted by molar-refractivity contribution is -0.144. The van der Waals surface area contributed by atoms with Crippen molar-refractivity contribution in [3.05, 3.63) is 11.9 Å². The molecular formula is C10H16N4O3. The third-order valence-corrected chi connectivity index (χ3v) is 2.17. The van der Waals surface area contributed by atoms with Gasteiger partial charge in [0, 0.05) is 7.05 Å². The first-order chi connectivity index (χ1) is 7.97. The molecule has 1 aromatic rings. The van der Waals surface area contributed by atoms with Gasteiger partial charge in [0.05, 0.1) is 18.5 Å². The second-order valence-electron chi connectivity index (χ2n) is 3.52. The van der Waals surface area contributed by atoms with Gasteiger partial charge in [0.2, 0.25) is 0 Å². The van der Waals surface area contributed by atoms with E-state index >= 15 is 0 Å². The lowest BCUT2D eigenvalue weighted by Crippen LogP contribution is -2.40. The van der Waals surface area contributed by atoms with Gasteiger partial charge in [-0.15, -0.1) is 0 Å². The summed E-state index contributed by atoms with van der Waals surface area (Å²) in [6.07, 6.45) is 1.38. The van der Waals surface area contributed by atoms with E-state index in [0.29, 0.717) is 0 Å². The van der Waals surface area contributed by atoms with Crippen molar-refractivity contribution in [3.8, 4) is 0 Å². The highest BCUT2D eigenvalue weighted by atomic mass is 16.5. The Morgan fingerprint density at radius 2 is 2.29 bits per heavy atom. The van der Waals surface area contributed by atoms with Gasteiger partial charge in [-0.1, -0.05) is 0 Å². The van der Waals surface area contributed by atoms with E-state index in [2.05, 4.69) is 10.4 Å². The summed E-state index contributed by atoms with van der Waals surface area (Å²) < 4.78 is 6.12. The molecule has 0 aromatic carbocycles. The summed E-state index contributed by atoms with van der Waals surface area (Å²) in [6, 6.07) is -0.725. The molecule has 0 aliphatic carbocycles. The van der Waals surface area contributed by atoms with Crippen LogP contribution in [0.15, 0.2) is 6.20 Å². The molecule has 0 fully saturated rings. The van der Waals surface area contributed by atoms with Gasteiger partial charge in [-0.05, 0) is 13.8 Å². The minimum atomic E-state index is -0.725. The maximum absolute atomic E-state index is 11.8. The van der Waals surface area contributed by atoms with Gasteiger partial charge in [-0.2, -0.15) is 5.10 Å². The number of amides is 1. The van der Waals surface area contributed by atoms with E-state index < -0.39 is 17.9 Å². The van der Waals surface area contributed by atoms with Crippen LogP contribution in [0.1, 0.15) is 24.3 Å². The smallest absolute Gasteiger partial charge is 0.328 e. The molecule has 0 saturated carbocycles. The predicted molar refractivity (Wildman–Crippen MR) is 61.2 cm³/mol. The summed E-state index contributed by atoms with van der Waals surface area (Å²) in [7, 11) is 1.60. The number of aryl methyl sites for hydroxylation is 1. The molecule has 0 saturated heterocycles. The Labute approximate surface area is 98.9 Å². The molecule has 17 heavy (non-hydrogen) atoms. The van der Waals surface area contributed by atoms with Gasteiger partial charge >= 0.3 is 5.97 Å². The van der Waals surface area contributed by atoms with E-state index in [0.717, 1.165) is 0 Å². The predicted octanol–water partition coefficient (Wildman–Crippen LogP) is -0.316. The molecule has 1 rings (SSSR count). The zero-order chi connectivity index (χ0) is 13.0. The van der Waals surface area contributed by atoms with Crippen LogP contribution in [0, 0.1) is 0 Å². The number of aromatic nitrogens is 2. The number of nitrogens with two attached hydrogens (primary N) is 1. The van der Waals surface area contributed by atoms with Crippen LogP contribution in [-0.4, -0.2) is 34.3 Å². The van der Waals surface area contributed by atoms with Crippen molar-refractivity contribution in [3.63, 3.8) is 0 Å². The lowest BCUT2D eigenvalue weighted by Gasteiger charge is -2.12. The van der Waals surface area contributed by atoms with Crippen LogP contribution in [0.3, 0.4) is 0 Å². The van der Waals surface area contributed by atoms with Gasteiger partial charge in [0.25, 0.3) is 5.91 Å². The number of nitrogens with zero attached hydrogens (tertiary/aromatic N) is 2. The lowest BCUT2D eigenvalue weighted by atomic mass is 10.3. The molecule has 94 valence electrons. The van der Waals surface area contributed by atoms with Gasteiger partial charge in [0.1, 0.15) is 11.7 Å². The van der Waals surface area contributed by atoms with Crippen molar-refractivity contribution < 1.29 is 14.3 Å². The summed E-state index contributed by atoms with van der Waals surface area (Å²) >= 11 is 0. The third kappa shape index (κ3) is 2.96. The van der Waals surface area contributed by atoms with E-state index in [-0.39, 0.29) is 18.0 Å². The Bertz CT molecular complexity index is 408. The van der Waals surface area contributed by atoms with Crippen LogP contribution in [-0.2, 0) is 16.6 Å². The fourth-order valence-electron chi connectivity index (χ4n) is 1.32. The first-order valence-corrected chi connectivity index (χ1v) is 5.22. The van der Waals surface area contributed by atoms with E-state index in [9.17, 15) is 9.59 Å². The normalized spacial score (nSPS) is 11.9. The molecule has 1 atom stereocenters. The van der Waals surface area contributed by atoms with E-state index in [4.69, 9.17) is 10.5 Å². The van der Waals surface area contributed by atoms with Crippen molar-refractivity contribution in [1.82, 2.24) is 15.1 Å². The molecule has 3 N–H and O–H groups in total. The number of nitrogens with one attached hydrogen (secondary N) is 1. The molecule has 7 heteroatoms. The SMILES string of the molecule is CCOC(=O)C(C)NC(=O)c1c(N)cnn1C. The minimum absolute atomic E-state index is 0.223.